The molecule has 5 atom stereocenters. The normalized spacial score (nSPS) is 27.5. The Morgan fingerprint density at radius 2 is 1.76 bits per heavy atom. The minimum absolute atomic E-state index is 0.221. The van der Waals surface area contributed by atoms with Gasteiger partial charge in [-0.05, 0) is 31.2 Å². The van der Waals surface area contributed by atoms with E-state index in [1.54, 1.807) is 0 Å². The molecule has 13 heteroatoms. The summed E-state index contributed by atoms with van der Waals surface area (Å²) in [5, 5.41) is 43.2. The molecule has 0 saturated carbocycles. The van der Waals surface area contributed by atoms with Gasteiger partial charge in [-0.25, -0.2) is 17.5 Å². The Hall–Kier alpha value is -2.71. The monoisotopic (exact) mass is 429 g/mol. The van der Waals surface area contributed by atoms with Gasteiger partial charge in [0.15, 0.2) is 18.1 Å². The van der Waals surface area contributed by atoms with Gasteiger partial charge < -0.3 is 35.4 Å². The number of anilines is 2. The van der Waals surface area contributed by atoms with E-state index < -0.39 is 46.6 Å². The molecular weight excluding hydrogens is 410 g/mol. The first-order chi connectivity index (χ1) is 13.5. The van der Waals surface area contributed by atoms with Crippen LogP contribution in [0.15, 0.2) is 39.8 Å². The first-order valence-electron chi connectivity index (χ1n) is 8.30. The number of nitrogens with zero attached hydrogens (tertiary/aromatic N) is 2. The van der Waals surface area contributed by atoms with E-state index in [1.807, 2.05) is 0 Å². The van der Waals surface area contributed by atoms with Crippen molar-refractivity contribution >= 4 is 27.5 Å². The molecule has 2 aromatic rings. The van der Waals surface area contributed by atoms with Gasteiger partial charge in [0.25, 0.3) is 10.0 Å². The number of ether oxygens (including phenoxy) is 1. The Morgan fingerprint density at radius 1 is 1.14 bits per heavy atom. The van der Waals surface area contributed by atoms with Crippen LogP contribution in [-0.4, -0.2) is 70.6 Å². The summed E-state index contributed by atoms with van der Waals surface area (Å²) in [6, 6.07) is 6.27. The van der Waals surface area contributed by atoms with Gasteiger partial charge in [-0.2, -0.15) is 0 Å². The number of carboxylic acid groups (broad SMARTS) is 1. The average molecular weight is 429 g/mol. The molecule has 0 unspecified atom stereocenters. The summed E-state index contributed by atoms with van der Waals surface area (Å²) in [5.41, 5.74) is 5.88. The number of benzene rings is 1. The summed E-state index contributed by atoms with van der Waals surface area (Å²) >= 11 is 0. The maximum Gasteiger partial charge on any atom is 0.335 e. The molecule has 29 heavy (non-hydrogen) atoms. The number of hydrogen-bond donors (Lipinski definition) is 5. The van der Waals surface area contributed by atoms with Crippen LogP contribution in [0.3, 0.4) is 0 Å². The molecule has 0 bridgehead atoms. The molecule has 1 aliphatic heterocycles. The minimum Gasteiger partial charge on any atom is -0.479 e. The predicted octanol–water partition coefficient (Wildman–Crippen LogP) is -1.35. The lowest BCUT2D eigenvalue weighted by atomic mass is 9.98. The Kier molecular flexibility index (Phi) is 5.51. The van der Waals surface area contributed by atoms with Crippen LogP contribution >= 0.6 is 0 Å². The molecule has 0 spiro atoms. The van der Waals surface area contributed by atoms with E-state index in [0.29, 0.717) is 9.99 Å². The summed E-state index contributed by atoms with van der Waals surface area (Å²) in [6.45, 7) is 1.49. The average Bonchev–Trinajstić information content (AvgIpc) is 3.07. The molecule has 1 aliphatic rings. The number of carboxylic acids is 1. The summed E-state index contributed by atoms with van der Waals surface area (Å²) in [7, 11) is -4.50. The lowest BCUT2D eigenvalue weighted by Gasteiger charge is -2.42. The maximum atomic E-state index is 13.3. The largest absolute Gasteiger partial charge is 0.479 e. The molecule has 158 valence electrons. The van der Waals surface area contributed by atoms with Crippen molar-refractivity contribution in [2.45, 2.75) is 42.5 Å². The van der Waals surface area contributed by atoms with Crippen LogP contribution in [0.2, 0.25) is 0 Å². The number of aryl methyl sites for hydroxylation is 1. The van der Waals surface area contributed by atoms with E-state index in [-0.39, 0.29) is 16.5 Å². The van der Waals surface area contributed by atoms with E-state index >= 15 is 0 Å². The summed E-state index contributed by atoms with van der Waals surface area (Å²) in [5.74, 6) is -1.76. The highest BCUT2D eigenvalue weighted by Crippen LogP contribution is 2.32. The van der Waals surface area contributed by atoms with Gasteiger partial charge in [0, 0.05) is 11.8 Å². The van der Waals surface area contributed by atoms with E-state index in [0.717, 1.165) is 0 Å². The molecule has 3 rings (SSSR count). The zero-order valence-electron chi connectivity index (χ0n) is 15.0. The van der Waals surface area contributed by atoms with Gasteiger partial charge in [0.05, 0.1) is 4.90 Å². The molecule has 0 amide bonds. The van der Waals surface area contributed by atoms with Crippen LogP contribution in [0, 0.1) is 6.92 Å². The van der Waals surface area contributed by atoms with Crippen LogP contribution in [0.5, 0.6) is 0 Å². The Bertz CT molecular complexity index is 991. The number of carbonyl (C=O) groups is 1. The van der Waals surface area contributed by atoms with Crippen molar-refractivity contribution in [1.29, 1.82) is 0 Å². The smallest absolute Gasteiger partial charge is 0.335 e. The van der Waals surface area contributed by atoms with Crippen molar-refractivity contribution in [3.63, 3.8) is 0 Å². The molecule has 1 aromatic carbocycles. The number of aliphatic hydroxyl groups is 3. The highest BCUT2D eigenvalue weighted by molar-refractivity contribution is 7.92. The van der Waals surface area contributed by atoms with E-state index in [9.17, 15) is 33.6 Å². The summed E-state index contributed by atoms with van der Waals surface area (Å²) < 4.78 is 37.1. The quantitative estimate of drug-likeness (QED) is 0.352. The zero-order valence-corrected chi connectivity index (χ0v) is 15.8. The Labute approximate surface area is 164 Å². The minimum atomic E-state index is -4.50. The van der Waals surface area contributed by atoms with Crippen molar-refractivity contribution in [3.8, 4) is 0 Å². The molecular formula is C16H19N3O9S. The standard InChI is InChI=1S/C16H19N3O9S/c1-7-6-10(18-28-7)19(29(25,26)9-4-2-8(17)3-5-9)15-13(22)11(20)12(21)14(27-15)16(23)24/h2-6,11-15,20-22H,17H2,1H3,(H,23,24)/t11-,12+,13-,14+,15-/m1/s1. The second-order valence-corrected chi connectivity index (χ2v) is 8.24. The molecule has 0 aliphatic carbocycles. The second kappa shape index (κ2) is 7.61. The third-order valence-corrected chi connectivity index (χ3v) is 6.12. The molecule has 1 aromatic heterocycles. The van der Waals surface area contributed by atoms with Crippen LogP contribution < -0.4 is 10.0 Å². The van der Waals surface area contributed by atoms with Crippen molar-refractivity contribution in [1.82, 2.24) is 5.16 Å². The van der Waals surface area contributed by atoms with E-state index in [2.05, 4.69) is 5.16 Å². The number of nitrogen functional groups attached to an aromatic ring is 1. The number of rotatable bonds is 5. The van der Waals surface area contributed by atoms with Crippen molar-refractivity contribution < 1.29 is 42.9 Å². The maximum absolute atomic E-state index is 13.3. The third kappa shape index (κ3) is 3.77. The Balaban J connectivity index is 2.13. The first-order valence-corrected chi connectivity index (χ1v) is 9.74. The number of aliphatic hydroxyl groups excluding tert-OH is 3. The van der Waals surface area contributed by atoms with E-state index in [4.69, 9.17) is 15.0 Å². The third-order valence-electron chi connectivity index (χ3n) is 4.34. The lowest BCUT2D eigenvalue weighted by molar-refractivity contribution is -0.224. The lowest BCUT2D eigenvalue weighted by Crippen LogP contribution is -2.65. The molecule has 12 nitrogen and oxygen atoms in total. The van der Waals surface area contributed by atoms with Crippen molar-refractivity contribution in [2.75, 3.05) is 10.0 Å². The SMILES string of the molecule is Cc1cc(N([C@@H]2O[C@H](C(=O)O)[C@@H](O)[C@@H](O)[C@H]2O)S(=O)(=O)c2ccc(N)cc2)no1. The molecule has 1 saturated heterocycles. The number of hydrogen-bond acceptors (Lipinski definition) is 10. The second-order valence-electron chi connectivity index (χ2n) is 6.42. The van der Waals surface area contributed by atoms with Crippen molar-refractivity contribution in [2.24, 2.45) is 0 Å². The molecule has 2 heterocycles. The zero-order chi connectivity index (χ0) is 21.5. The van der Waals surface area contributed by atoms with Gasteiger partial charge >= 0.3 is 5.97 Å². The topological polar surface area (TPSA) is 197 Å². The van der Waals surface area contributed by atoms with Crippen LogP contribution in [0.25, 0.3) is 0 Å². The summed E-state index contributed by atoms with van der Waals surface area (Å²) in [6.07, 6.45) is -9.93. The van der Waals surface area contributed by atoms with Gasteiger partial charge in [0.2, 0.25) is 0 Å². The fraction of sp³-hybridized carbons (Fsp3) is 0.375. The number of sulfonamides is 1. The Morgan fingerprint density at radius 3 is 2.28 bits per heavy atom. The highest BCUT2D eigenvalue weighted by Gasteiger charge is 2.52. The van der Waals surface area contributed by atoms with Gasteiger partial charge in [-0.1, -0.05) is 5.16 Å². The van der Waals surface area contributed by atoms with Crippen molar-refractivity contribution in [3.05, 3.63) is 36.1 Å². The molecule has 0 radical (unpaired) electrons. The van der Waals surface area contributed by atoms with Crippen LogP contribution in [0.1, 0.15) is 5.76 Å². The van der Waals surface area contributed by atoms with Gasteiger partial charge in [-0.15, -0.1) is 0 Å². The fourth-order valence-electron chi connectivity index (χ4n) is 2.86. The highest BCUT2D eigenvalue weighted by atomic mass is 32.2. The van der Waals surface area contributed by atoms with E-state index in [1.165, 1.54) is 37.3 Å². The first kappa shape index (κ1) is 21.0. The predicted molar refractivity (Wildman–Crippen MR) is 96.1 cm³/mol. The number of aromatic nitrogens is 1. The number of aliphatic carboxylic acids is 1. The number of nitrogens with two attached hydrogens (primary N) is 1. The van der Waals surface area contributed by atoms with Gasteiger partial charge in [0.1, 0.15) is 24.1 Å². The molecule has 6 N–H and O–H groups in total. The fourth-order valence-corrected chi connectivity index (χ4v) is 4.35. The summed E-state index contributed by atoms with van der Waals surface area (Å²) in [4.78, 5) is 11.1. The molecule has 1 fully saturated rings. The van der Waals surface area contributed by atoms with Crippen LogP contribution in [0.4, 0.5) is 11.5 Å². The van der Waals surface area contributed by atoms with Gasteiger partial charge in [-0.3, -0.25) is 0 Å². The van der Waals surface area contributed by atoms with Crippen LogP contribution in [-0.2, 0) is 19.6 Å².